The number of ether oxygens (including phenoxy) is 1. The van der Waals surface area contributed by atoms with Gasteiger partial charge in [0.25, 0.3) is 0 Å². The molecule has 0 saturated carbocycles. The highest BCUT2D eigenvalue weighted by Gasteiger charge is 2.09. The van der Waals surface area contributed by atoms with Crippen LogP contribution in [-0.2, 0) is 11.3 Å². The summed E-state index contributed by atoms with van der Waals surface area (Å²) in [6.07, 6.45) is -1.24. The van der Waals surface area contributed by atoms with Gasteiger partial charge in [-0.15, -0.1) is 0 Å². The van der Waals surface area contributed by atoms with E-state index in [4.69, 9.17) is 5.11 Å². The lowest BCUT2D eigenvalue weighted by atomic mass is 10.2. The molecule has 1 heterocycles. The molecule has 0 bridgehead atoms. The van der Waals surface area contributed by atoms with Gasteiger partial charge in [0.05, 0.1) is 6.54 Å². The molecule has 96 valence electrons. The predicted octanol–water partition coefficient (Wildman–Crippen LogP) is 3.49. The van der Waals surface area contributed by atoms with Crippen LogP contribution < -0.4 is 0 Å². The maximum atomic E-state index is 10.4. The number of carbonyl (C=O) groups is 1. The highest BCUT2D eigenvalue weighted by Crippen LogP contribution is 2.28. The zero-order valence-corrected chi connectivity index (χ0v) is 10.2. The first-order valence-electron chi connectivity index (χ1n) is 6.09. The van der Waals surface area contributed by atoms with Crippen LogP contribution in [0.4, 0.5) is 4.79 Å². The van der Waals surface area contributed by atoms with E-state index in [1.807, 2.05) is 36.4 Å². The summed E-state index contributed by atoms with van der Waals surface area (Å²) in [6.45, 7) is 0.665. The van der Waals surface area contributed by atoms with Crippen molar-refractivity contribution in [1.82, 2.24) is 4.57 Å². The molecule has 0 unspecified atom stereocenters. The molecule has 1 N–H and O–H groups in total. The average Bonchev–Trinajstić information content (AvgIpc) is 2.74. The number of fused-ring (bicyclic) bond motifs is 3. The largest absolute Gasteiger partial charge is 0.505 e. The van der Waals surface area contributed by atoms with Crippen LogP contribution in [0.3, 0.4) is 0 Å². The van der Waals surface area contributed by atoms with Gasteiger partial charge in [-0.1, -0.05) is 36.4 Å². The molecule has 0 saturated heterocycles. The summed E-state index contributed by atoms with van der Waals surface area (Å²) in [5.74, 6) is 0. The van der Waals surface area contributed by atoms with E-state index in [1.54, 1.807) is 0 Å². The topological polar surface area (TPSA) is 51.5 Å². The fraction of sp³-hybridized carbons (Fsp3) is 0.133. The lowest BCUT2D eigenvalue weighted by molar-refractivity contribution is 0.0891. The Morgan fingerprint density at radius 1 is 1.00 bits per heavy atom. The van der Waals surface area contributed by atoms with Crippen molar-refractivity contribution >= 4 is 28.0 Å². The Morgan fingerprint density at radius 2 is 1.53 bits per heavy atom. The van der Waals surface area contributed by atoms with Crippen molar-refractivity contribution < 1.29 is 14.6 Å². The third-order valence-corrected chi connectivity index (χ3v) is 3.22. The second kappa shape index (κ2) is 4.65. The van der Waals surface area contributed by atoms with Crippen molar-refractivity contribution in [3.05, 3.63) is 48.5 Å². The van der Waals surface area contributed by atoms with Gasteiger partial charge in [-0.05, 0) is 12.1 Å². The van der Waals surface area contributed by atoms with Crippen molar-refractivity contribution in [2.45, 2.75) is 6.54 Å². The molecule has 3 rings (SSSR count). The van der Waals surface area contributed by atoms with Crippen molar-refractivity contribution in [3.8, 4) is 0 Å². The van der Waals surface area contributed by atoms with Crippen LogP contribution in [0.2, 0.25) is 0 Å². The van der Waals surface area contributed by atoms with E-state index in [0.29, 0.717) is 6.54 Å². The van der Waals surface area contributed by atoms with Crippen LogP contribution in [0.1, 0.15) is 0 Å². The molecule has 0 aliphatic carbocycles. The molecule has 4 heteroatoms. The van der Waals surface area contributed by atoms with Gasteiger partial charge in [-0.25, -0.2) is 4.79 Å². The Balaban J connectivity index is 2.11. The van der Waals surface area contributed by atoms with Gasteiger partial charge in [0.15, 0.2) is 0 Å². The number of benzene rings is 2. The molecule has 0 spiro atoms. The predicted molar refractivity (Wildman–Crippen MR) is 73.4 cm³/mol. The minimum atomic E-state index is -1.24. The van der Waals surface area contributed by atoms with Crippen molar-refractivity contribution in [1.29, 1.82) is 0 Å². The lowest BCUT2D eigenvalue weighted by Gasteiger charge is -2.06. The average molecular weight is 255 g/mol. The SMILES string of the molecule is O=C(O)OCCn1c2ccccc2c2ccccc21. The minimum Gasteiger partial charge on any atom is -0.450 e. The van der Waals surface area contributed by atoms with Crippen LogP contribution in [0.15, 0.2) is 48.5 Å². The highest BCUT2D eigenvalue weighted by molar-refractivity contribution is 6.07. The zero-order chi connectivity index (χ0) is 13.2. The van der Waals surface area contributed by atoms with Crippen molar-refractivity contribution in [2.24, 2.45) is 0 Å². The first-order valence-corrected chi connectivity index (χ1v) is 6.09. The van der Waals surface area contributed by atoms with Crippen LogP contribution in [0, 0.1) is 0 Å². The fourth-order valence-corrected chi connectivity index (χ4v) is 2.47. The maximum Gasteiger partial charge on any atom is 0.505 e. The third-order valence-electron chi connectivity index (χ3n) is 3.22. The highest BCUT2D eigenvalue weighted by atomic mass is 16.7. The summed E-state index contributed by atoms with van der Waals surface area (Å²) < 4.78 is 6.70. The Bertz CT molecular complexity index is 692. The molecule has 1 aromatic heterocycles. The van der Waals surface area contributed by atoms with E-state index in [2.05, 4.69) is 21.4 Å². The number of para-hydroxylation sites is 2. The molecule has 3 aromatic rings. The maximum absolute atomic E-state index is 10.4. The molecule has 19 heavy (non-hydrogen) atoms. The van der Waals surface area contributed by atoms with Gasteiger partial charge < -0.3 is 14.4 Å². The number of aromatic nitrogens is 1. The number of rotatable bonds is 3. The third kappa shape index (κ3) is 2.01. The summed E-state index contributed by atoms with van der Waals surface area (Å²) in [6, 6.07) is 16.2. The Hall–Kier alpha value is -2.49. The van der Waals surface area contributed by atoms with E-state index in [9.17, 15) is 4.79 Å². The number of hydrogen-bond acceptors (Lipinski definition) is 2. The molecule has 0 aliphatic rings. The number of hydrogen-bond donors (Lipinski definition) is 1. The normalized spacial score (nSPS) is 10.9. The number of carboxylic acid groups (broad SMARTS) is 1. The summed E-state index contributed by atoms with van der Waals surface area (Å²) in [7, 11) is 0. The smallest absolute Gasteiger partial charge is 0.450 e. The Kier molecular flexibility index (Phi) is 2.83. The molecule has 0 amide bonds. The summed E-state index contributed by atoms with van der Waals surface area (Å²) >= 11 is 0. The van der Waals surface area contributed by atoms with Crippen molar-refractivity contribution in [3.63, 3.8) is 0 Å². The molecule has 0 fully saturated rings. The molecule has 2 aromatic carbocycles. The van der Waals surface area contributed by atoms with E-state index < -0.39 is 6.16 Å². The van der Waals surface area contributed by atoms with Gasteiger partial charge in [-0.3, -0.25) is 0 Å². The van der Waals surface area contributed by atoms with E-state index >= 15 is 0 Å². The van der Waals surface area contributed by atoms with Crippen molar-refractivity contribution in [2.75, 3.05) is 6.61 Å². The molecule has 0 atom stereocenters. The lowest BCUT2D eigenvalue weighted by Crippen LogP contribution is -2.09. The monoisotopic (exact) mass is 255 g/mol. The quantitative estimate of drug-likeness (QED) is 0.729. The van der Waals surface area contributed by atoms with E-state index in [-0.39, 0.29) is 6.61 Å². The van der Waals surface area contributed by atoms with Crippen LogP contribution in [0.25, 0.3) is 21.8 Å². The van der Waals surface area contributed by atoms with Gasteiger partial charge in [0.2, 0.25) is 0 Å². The standard InChI is InChI=1S/C15H13NO3/c17-15(18)19-10-9-16-13-7-3-1-5-11(13)12-6-2-4-8-14(12)16/h1-8H,9-10H2,(H,17,18). The summed E-state index contributed by atoms with van der Waals surface area (Å²) in [4.78, 5) is 10.4. The van der Waals surface area contributed by atoms with Gasteiger partial charge in [-0.2, -0.15) is 0 Å². The Morgan fingerprint density at radius 3 is 2.05 bits per heavy atom. The van der Waals surface area contributed by atoms with Gasteiger partial charge in [0, 0.05) is 21.8 Å². The van der Waals surface area contributed by atoms with Gasteiger partial charge >= 0.3 is 6.16 Å². The van der Waals surface area contributed by atoms with Crippen LogP contribution in [0.5, 0.6) is 0 Å². The first-order chi connectivity index (χ1) is 9.27. The summed E-state index contributed by atoms with van der Waals surface area (Å²) in [5.41, 5.74) is 2.19. The molecule has 0 radical (unpaired) electrons. The van der Waals surface area contributed by atoms with Crippen LogP contribution in [-0.4, -0.2) is 22.4 Å². The fourth-order valence-electron chi connectivity index (χ4n) is 2.47. The van der Waals surface area contributed by atoms with Crippen LogP contribution >= 0.6 is 0 Å². The second-order valence-corrected chi connectivity index (χ2v) is 4.30. The summed E-state index contributed by atoms with van der Waals surface area (Å²) in [5, 5.41) is 10.9. The first kappa shape index (κ1) is 11.6. The Labute approximate surface area is 109 Å². The second-order valence-electron chi connectivity index (χ2n) is 4.30. The minimum absolute atomic E-state index is 0.151. The van der Waals surface area contributed by atoms with E-state index in [1.165, 1.54) is 10.8 Å². The molecular formula is C15H13NO3. The zero-order valence-electron chi connectivity index (χ0n) is 10.2. The molecular weight excluding hydrogens is 242 g/mol. The number of nitrogens with zero attached hydrogens (tertiary/aromatic N) is 1. The van der Waals surface area contributed by atoms with Gasteiger partial charge in [0.1, 0.15) is 6.61 Å². The molecule has 0 aliphatic heterocycles. The molecule has 4 nitrogen and oxygen atoms in total. The van der Waals surface area contributed by atoms with E-state index in [0.717, 1.165) is 11.0 Å².